The fraction of sp³-hybridized carbons (Fsp3) is 0.647. The average Bonchev–Trinajstić information content (AvgIpc) is 3.15. The molecule has 1 aromatic heterocycles. The normalized spacial score (nSPS) is 29.0. The van der Waals surface area contributed by atoms with Crippen LogP contribution in [0.2, 0.25) is 0 Å². The van der Waals surface area contributed by atoms with Crippen molar-refractivity contribution in [3.63, 3.8) is 0 Å². The molecule has 4 atom stereocenters. The summed E-state index contributed by atoms with van der Waals surface area (Å²) in [6, 6.07) is 3.69. The number of aliphatic carboxylic acids is 1. The first-order valence-electron chi connectivity index (χ1n) is 8.37. The van der Waals surface area contributed by atoms with Gasteiger partial charge in [0.2, 0.25) is 5.91 Å². The monoisotopic (exact) mass is 336 g/mol. The number of rotatable bonds is 5. The minimum Gasteiger partial charge on any atom is -0.480 e. The molecule has 1 saturated heterocycles. The zero-order chi connectivity index (χ0) is 16.4. The first-order chi connectivity index (χ1) is 11.1. The number of carbonyl (C=O) groups excluding carboxylic acids is 1. The number of carboxylic acids is 1. The summed E-state index contributed by atoms with van der Waals surface area (Å²) in [6.07, 6.45) is 5.12. The van der Waals surface area contributed by atoms with Crippen LogP contribution in [0.4, 0.5) is 0 Å². The second kappa shape index (κ2) is 7.01. The van der Waals surface area contributed by atoms with Gasteiger partial charge in [-0.1, -0.05) is 18.9 Å². The molecule has 1 aliphatic carbocycles. The number of fused-ring (bicyclic) bond motifs is 1. The molecule has 2 fully saturated rings. The van der Waals surface area contributed by atoms with Crippen molar-refractivity contribution >= 4 is 23.2 Å². The smallest absolute Gasteiger partial charge is 0.320 e. The summed E-state index contributed by atoms with van der Waals surface area (Å²) in [4.78, 5) is 27.0. The van der Waals surface area contributed by atoms with E-state index in [0.29, 0.717) is 12.3 Å². The third-order valence-electron chi connectivity index (χ3n) is 5.18. The molecule has 2 heterocycles. The molecule has 2 N–H and O–H groups in total. The Morgan fingerprint density at radius 2 is 2.22 bits per heavy atom. The van der Waals surface area contributed by atoms with Gasteiger partial charge >= 0.3 is 5.97 Å². The highest BCUT2D eigenvalue weighted by Gasteiger charge is 2.45. The van der Waals surface area contributed by atoms with Crippen molar-refractivity contribution in [2.24, 2.45) is 5.92 Å². The maximum Gasteiger partial charge on any atom is 0.320 e. The molecule has 1 amide bonds. The topological polar surface area (TPSA) is 69.6 Å². The molecular weight excluding hydrogens is 312 g/mol. The molecule has 0 aromatic carbocycles. The SMILES string of the molecule is C[C@H](NC(=O)CN1[C@@H]2CCCC[C@H]2C[C@H]1C(=O)O)c1cccs1. The Bertz CT molecular complexity index is 560. The maximum atomic E-state index is 12.4. The fourth-order valence-corrected chi connectivity index (χ4v) is 4.82. The van der Waals surface area contributed by atoms with Gasteiger partial charge < -0.3 is 10.4 Å². The summed E-state index contributed by atoms with van der Waals surface area (Å²) < 4.78 is 0. The third kappa shape index (κ3) is 3.58. The van der Waals surface area contributed by atoms with Gasteiger partial charge in [0.25, 0.3) is 0 Å². The van der Waals surface area contributed by atoms with E-state index in [-0.39, 0.29) is 24.5 Å². The lowest BCUT2D eigenvalue weighted by Gasteiger charge is -2.32. The van der Waals surface area contributed by atoms with Crippen LogP contribution in [0, 0.1) is 5.92 Å². The summed E-state index contributed by atoms with van der Waals surface area (Å²) in [5, 5.41) is 14.5. The third-order valence-corrected chi connectivity index (χ3v) is 6.23. The molecule has 1 aliphatic heterocycles. The summed E-state index contributed by atoms with van der Waals surface area (Å²) in [5.41, 5.74) is 0. The quantitative estimate of drug-likeness (QED) is 0.867. The molecule has 0 unspecified atom stereocenters. The first-order valence-corrected chi connectivity index (χ1v) is 9.25. The second-order valence-electron chi connectivity index (χ2n) is 6.68. The lowest BCUT2D eigenvalue weighted by Crippen LogP contribution is -2.47. The highest BCUT2D eigenvalue weighted by molar-refractivity contribution is 7.10. The van der Waals surface area contributed by atoms with Gasteiger partial charge in [0.15, 0.2) is 0 Å². The van der Waals surface area contributed by atoms with Crippen molar-refractivity contribution in [2.75, 3.05) is 6.54 Å². The molecule has 6 heteroatoms. The van der Waals surface area contributed by atoms with Crippen LogP contribution in [-0.4, -0.2) is 40.5 Å². The van der Waals surface area contributed by atoms with E-state index < -0.39 is 12.0 Å². The van der Waals surface area contributed by atoms with Gasteiger partial charge in [0.05, 0.1) is 12.6 Å². The van der Waals surface area contributed by atoms with Crippen LogP contribution in [0.5, 0.6) is 0 Å². The Morgan fingerprint density at radius 3 is 2.91 bits per heavy atom. The first kappa shape index (κ1) is 16.5. The van der Waals surface area contributed by atoms with E-state index in [4.69, 9.17) is 0 Å². The van der Waals surface area contributed by atoms with Gasteiger partial charge in [-0.25, -0.2) is 0 Å². The number of likely N-dealkylation sites (tertiary alicyclic amines) is 1. The van der Waals surface area contributed by atoms with Crippen LogP contribution in [0.15, 0.2) is 17.5 Å². The molecule has 1 aromatic rings. The zero-order valence-electron chi connectivity index (χ0n) is 13.4. The molecule has 126 valence electrons. The maximum absolute atomic E-state index is 12.4. The number of thiophene rings is 1. The molecule has 3 rings (SSSR count). The number of amides is 1. The van der Waals surface area contributed by atoms with E-state index in [2.05, 4.69) is 5.32 Å². The predicted octanol–water partition coefficient (Wildman–Crippen LogP) is 2.64. The van der Waals surface area contributed by atoms with E-state index in [1.807, 2.05) is 29.3 Å². The molecule has 0 radical (unpaired) electrons. The van der Waals surface area contributed by atoms with Crippen molar-refractivity contribution < 1.29 is 14.7 Å². The van der Waals surface area contributed by atoms with Gasteiger partial charge in [-0.15, -0.1) is 11.3 Å². The Balaban J connectivity index is 1.64. The van der Waals surface area contributed by atoms with Crippen molar-refractivity contribution in [1.82, 2.24) is 10.2 Å². The Labute approximate surface area is 140 Å². The number of nitrogens with one attached hydrogen (secondary N) is 1. The summed E-state index contributed by atoms with van der Waals surface area (Å²) >= 11 is 1.62. The number of carbonyl (C=O) groups is 2. The van der Waals surface area contributed by atoms with E-state index >= 15 is 0 Å². The number of hydrogen-bond acceptors (Lipinski definition) is 4. The molecule has 23 heavy (non-hydrogen) atoms. The molecular formula is C17H24N2O3S. The predicted molar refractivity (Wildman–Crippen MR) is 89.4 cm³/mol. The number of nitrogens with zero attached hydrogens (tertiary/aromatic N) is 1. The van der Waals surface area contributed by atoms with Crippen LogP contribution in [0.3, 0.4) is 0 Å². The van der Waals surface area contributed by atoms with Crippen molar-refractivity contribution in [3.8, 4) is 0 Å². The minimum atomic E-state index is -0.793. The Hall–Kier alpha value is -1.40. The number of hydrogen-bond donors (Lipinski definition) is 2. The zero-order valence-corrected chi connectivity index (χ0v) is 14.2. The molecule has 1 saturated carbocycles. The highest BCUT2D eigenvalue weighted by atomic mass is 32.1. The number of carboxylic acid groups (broad SMARTS) is 1. The van der Waals surface area contributed by atoms with Gasteiger partial charge in [0, 0.05) is 10.9 Å². The van der Waals surface area contributed by atoms with Gasteiger partial charge in [-0.2, -0.15) is 0 Å². The Morgan fingerprint density at radius 1 is 1.43 bits per heavy atom. The van der Waals surface area contributed by atoms with Crippen LogP contribution < -0.4 is 5.32 Å². The van der Waals surface area contributed by atoms with Gasteiger partial charge in [-0.05, 0) is 43.6 Å². The van der Waals surface area contributed by atoms with Crippen molar-refractivity contribution in [3.05, 3.63) is 22.4 Å². The van der Waals surface area contributed by atoms with E-state index in [1.165, 1.54) is 6.42 Å². The molecule has 5 nitrogen and oxygen atoms in total. The highest BCUT2D eigenvalue weighted by Crippen LogP contribution is 2.39. The van der Waals surface area contributed by atoms with Crippen molar-refractivity contribution in [1.29, 1.82) is 0 Å². The van der Waals surface area contributed by atoms with Crippen LogP contribution >= 0.6 is 11.3 Å². The van der Waals surface area contributed by atoms with Gasteiger partial charge in [0.1, 0.15) is 6.04 Å². The summed E-state index contributed by atoms with van der Waals surface area (Å²) in [6.45, 7) is 2.15. The lowest BCUT2D eigenvalue weighted by molar-refractivity contribution is -0.143. The van der Waals surface area contributed by atoms with Crippen LogP contribution in [0.1, 0.15) is 49.9 Å². The van der Waals surface area contributed by atoms with E-state index in [0.717, 1.165) is 24.1 Å². The molecule has 0 spiro atoms. The fourth-order valence-electron chi connectivity index (χ4n) is 4.08. The molecule has 2 aliphatic rings. The minimum absolute atomic E-state index is 0.0319. The lowest BCUT2D eigenvalue weighted by atomic mass is 9.85. The van der Waals surface area contributed by atoms with E-state index in [1.54, 1.807) is 11.3 Å². The van der Waals surface area contributed by atoms with E-state index in [9.17, 15) is 14.7 Å². The van der Waals surface area contributed by atoms with Crippen LogP contribution in [0.25, 0.3) is 0 Å². The van der Waals surface area contributed by atoms with Crippen LogP contribution in [-0.2, 0) is 9.59 Å². The summed E-state index contributed by atoms with van der Waals surface area (Å²) in [7, 11) is 0. The van der Waals surface area contributed by atoms with Gasteiger partial charge in [-0.3, -0.25) is 14.5 Å². The molecule has 0 bridgehead atoms. The Kier molecular flexibility index (Phi) is 5.02. The van der Waals surface area contributed by atoms with Crippen molar-refractivity contribution in [2.45, 2.75) is 57.2 Å². The summed E-state index contributed by atoms with van der Waals surface area (Å²) in [5.74, 6) is -0.436. The second-order valence-corrected chi connectivity index (χ2v) is 7.66. The average molecular weight is 336 g/mol. The standard InChI is InChI=1S/C17H24N2O3S/c1-11(15-7-4-8-23-15)18-16(20)10-19-13-6-3-2-5-12(13)9-14(19)17(21)22/h4,7-8,11-14H,2-3,5-6,9-10H2,1H3,(H,18,20)(H,21,22)/t11-,12-,13+,14-/m0/s1. The largest absolute Gasteiger partial charge is 0.480 e.